The lowest BCUT2D eigenvalue weighted by Crippen LogP contribution is -2.44. The van der Waals surface area contributed by atoms with Crippen molar-refractivity contribution in [1.29, 1.82) is 0 Å². The van der Waals surface area contributed by atoms with Gasteiger partial charge in [-0.1, -0.05) is 60.2 Å². The Morgan fingerprint density at radius 2 is 1.66 bits per heavy atom. The lowest BCUT2D eigenvalue weighted by atomic mass is 9.92. The van der Waals surface area contributed by atoms with Gasteiger partial charge in [-0.2, -0.15) is 0 Å². The van der Waals surface area contributed by atoms with E-state index in [1.165, 1.54) is 0 Å². The van der Waals surface area contributed by atoms with E-state index in [9.17, 15) is 19.5 Å². The van der Waals surface area contributed by atoms with Gasteiger partial charge in [0, 0.05) is 32.4 Å². The molecule has 2 amide bonds. The zero-order valence-corrected chi connectivity index (χ0v) is 18.6. The summed E-state index contributed by atoms with van der Waals surface area (Å²) in [6, 6.07) is 16.7. The molecule has 0 spiro atoms. The predicted molar refractivity (Wildman–Crippen MR) is 123 cm³/mol. The number of nitrogens with zero attached hydrogens (tertiary/aromatic N) is 1. The van der Waals surface area contributed by atoms with Crippen LogP contribution >= 0.6 is 0 Å². The van der Waals surface area contributed by atoms with Crippen molar-refractivity contribution in [2.75, 3.05) is 13.1 Å². The van der Waals surface area contributed by atoms with Gasteiger partial charge in [-0.05, 0) is 43.2 Å². The Morgan fingerprint density at radius 1 is 1.00 bits per heavy atom. The van der Waals surface area contributed by atoms with E-state index in [0.29, 0.717) is 25.9 Å². The number of carboxylic acids is 1. The first-order valence-electron chi connectivity index (χ1n) is 11.3. The maximum absolute atomic E-state index is 12.5. The van der Waals surface area contributed by atoms with E-state index in [1.54, 1.807) is 0 Å². The quantitative estimate of drug-likeness (QED) is 0.631. The number of amides is 2. The van der Waals surface area contributed by atoms with Crippen LogP contribution in [0.5, 0.6) is 0 Å². The molecule has 1 atom stereocenters. The van der Waals surface area contributed by atoms with Gasteiger partial charge in [-0.25, -0.2) is 4.79 Å². The Kier molecular flexibility index (Phi) is 8.42. The van der Waals surface area contributed by atoms with Crippen LogP contribution in [0.3, 0.4) is 0 Å². The number of benzene rings is 2. The average molecular weight is 437 g/mol. The van der Waals surface area contributed by atoms with Crippen molar-refractivity contribution < 1.29 is 19.5 Å². The molecule has 32 heavy (non-hydrogen) atoms. The number of carbonyl (C=O) groups excluding carboxylic acids is 2. The molecule has 1 fully saturated rings. The normalized spacial score (nSPS) is 15.2. The summed E-state index contributed by atoms with van der Waals surface area (Å²) in [5.41, 5.74) is 3.14. The standard InChI is InChI=1S/C26H32N2O4/c1-19-7-9-21(10-8-19)17-23(26(31)32)27-24(29)18-22-13-15-28(16-14-22)25(30)12-11-20-5-3-2-4-6-20/h2-10,22-23H,11-18H2,1H3,(H,27,29)(H,31,32)/t23-/m0/s1. The molecule has 0 aromatic heterocycles. The maximum Gasteiger partial charge on any atom is 0.326 e. The lowest BCUT2D eigenvalue weighted by Gasteiger charge is -2.32. The van der Waals surface area contributed by atoms with Crippen LogP contribution in [0.2, 0.25) is 0 Å². The number of rotatable bonds is 9. The molecule has 2 N–H and O–H groups in total. The fraction of sp³-hybridized carbons (Fsp3) is 0.423. The highest BCUT2D eigenvalue weighted by atomic mass is 16.4. The number of carboxylic acid groups (broad SMARTS) is 1. The minimum atomic E-state index is -1.03. The van der Waals surface area contributed by atoms with Crippen LogP contribution in [0.25, 0.3) is 0 Å². The molecule has 1 aliphatic rings. The van der Waals surface area contributed by atoms with E-state index in [1.807, 2.05) is 66.4 Å². The Morgan fingerprint density at radius 3 is 2.28 bits per heavy atom. The topological polar surface area (TPSA) is 86.7 Å². The zero-order chi connectivity index (χ0) is 22.9. The Labute approximate surface area is 189 Å². The highest BCUT2D eigenvalue weighted by Gasteiger charge is 2.26. The molecule has 1 aliphatic heterocycles. The third-order valence-electron chi connectivity index (χ3n) is 6.11. The molecule has 2 aromatic rings. The van der Waals surface area contributed by atoms with E-state index >= 15 is 0 Å². The number of piperidine rings is 1. The van der Waals surface area contributed by atoms with Gasteiger partial charge in [-0.3, -0.25) is 9.59 Å². The van der Waals surface area contributed by atoms with Crippen LogP contribution in [-0.2, 0) is 27.2 Å². The second-order valence-electron chi connectivity index (χ2n) is 8.66. The van der Waals surface area contributed by atoms with Crippen LogP contribution in [0.4, 0.5) is 0 Å². The van der Waals surface area contributed by atoms with E-state index < -0.39 is 12.0 Å². The third kappa shape index (κ3) is 7.22. The van der Waals surface area contributed by atoms with Crippen LogP contribution in [-0.4, -0.2) is 46.9 Å². The van der Waals surface area contributed by atoms with Gasteiger partial charge in [-0.15, -0.1) is 0 Å². The van der Waals surface area contributed by atoms with Crippen LogP contribution in [0, 0.1) is 12.8 Å². The molecule has 0 aliphatic carbocycles. The summed E-state index contributed by atoms with van der Waals surface area (Å²) in [6.07, 6.45) is 3.31. The third-order valence-corrected chi connectivity index (χ3v) is 6.11. The first kappa shape index (κ1) is 23.5. The van der Waals surface area contributed by atoms with Crippen LogP contribution < -0.4 is 5.32 Å². The molecule has 0 bridgehead atoms. The summed E-state index contributed by atoms with van der Waals surface area (Å²) >= 11 is 0. The van der Waals surface area contributed by atoms with E-state index in [-0.39, 0.29) is 24.2 Å². The van der Waals surface area contributed by atoms with Crippen LogP contribution in [0.1, 0.15) is 42.4 Å². The van der Waals surface area contributed by atoms with Gasteiger partial charge < -0.3 is 15.3 Å². The molecule has 0 saturated carbocycles. The molecule has 2 aromatic carbocycles. The SMILES string of the molecule is Cc1ccc(C[C@H](NC(=O)CC2CCN(C(=O)CCc3ccccc3)CC2)C(=O)O)cc1. The molecule has 0 unspecified atom stereocenters. The molecule has 6 nitrogen and oxygen atoms in total. The first-order chi connectivity index (χ1) is 15.4. The predicted octanol–water partition coefficient (Wildman–Crippen LogP) is 3.37. The van der Waals surface area contributed by atoms with Crippen molar-refractivity contribution >= 4 is 17.8 Å². The summed E-state index contributed by atoms with van der Waals surface area (Å²) in [5, 5.41) is 12.2. The fourth-order valence-electron chi connectivity index (χ4n) is 4.12. The van der Waals surface area contributed by atoms with Gasteiger partial charge >= 0.3 is 5.97 Å². The molecule has 170 valence electrons. The summed E-state index contributed by atoms with van der Waals surface area (Å²) in [6.45, 7) is 3.27. The van der Waals surface area contributed by atoms with Crippen molar-refractivity contribution in [3.05, 3.63) is 71.3 Å². The largest absolute Gasteiger partial charge is 0.480 e. The highest BCUT2D eigenvalue weighted by molar-refractivity contribution is 5.84. The minimum absolute atomic E-state index is 0.154. The van der Waals surface area contributed by atoms with E-state index in [0.717, 1.165) is 36.0 Å². The Hall–Kier alpha value is -3.15. The molecule has 3 rings (SSSR count). The van der Waals surface area contributed by atoms with Crippen molar-refractivity contribution in [1.82, 2.24) is 10.2 Å². The van der Waals surface area contributed by atoms with Gasteiger partial charge in [0.1, 0.15) is 6.04 Å². The number of aryl methyl sites for hydroxylation is 2. The molecule has 6 heteroatoms. The summed E-state index contributed by atoms with van der Waals surface area (Å²) in [7, 11) is 0. The number of hydrogen-bond donors (Lipinski definition) is 2. The number of likely N-dealkylation sites (tertiary alicyclic amines) is 1. The lowest BCUT2D eigenvalue weighted by molar-refractivity contribution is -0.142. The number of nitrogens with one attached hydrogen (secondary N) is 1. The second kappa shape index (κ2) is 11.5. The number of aliphatic carboxylic acids is 1. The number of hydrogen-bond acceptors (Lipinski definition) is 3. The second-order valence-corrected chi connectivity index (χ2v) is 8.66. The van der Waals surface area contributed by atoms with Gasteiger partial charge in [0.25, 0.3) is 0 Å². The van der Waals surface area contributed by atoms with Crippen molar-refractivity contribution in [2.45, 2.75) is 51.5 Å². The molecular formula is C26H32N2O4. The first-order valence-corrected chi connectivity index (χ1v) is 11.3. The molecule has 1 heterocycles. The Bertz CT molecular complexity index is 903. The smallest absolute Gasteiger partial charge is 0.326 e. The minimum Gasteiger partial charge on any atom is -0.480 e. The van der Waals surface area contributed by atoms with Crippen LogP contribution in [0.15, 0.2) is 54.6 Å². The van der Waals surface area contributed by atoms with Crippen molar-refractivity contribution in [2.24, 2.45) is 5.92 Å². The molecule has 1 saturated heterocycles. The van der Waals surface area contributed by atoms with E-state index in [2.05, 4.69) is 5.32 Å². The average Bonchev–Trinajstić information content (AvgIpc) is 2.79. The van der Waals surface area contributed by atoms with E-state index in [4.69, 9.17) is 0 Å². The zero-order valence-electron chi connectivity index (χ0n) is 18.6. The molecule has 0 radical (unpaired) electrons. The highest BCUT2D eigenvalue weighted by Crippen LogP contribution is 2.21. The van der Waals surface area contributed by atoms with Crippen molar-refractivity contribution in [3.63, 3.8) is 0 Å². The van der Waals surface area contributed by atoms with Gasteiger partial charge in [0.05, 0.1) is 0 Å². The monoisotopic (exact) mass is 436 g/mol. The van der Waals surface area contributed by atoms with Gasteiger partial charge in [0.15, 0.2) is 0 Å². The molecular weight excluding hydrogens is 404 g/mol. The fourth-order valence-corrected chi connectivity index (χ4v) is 4.12. The summed E-state index contributed by atoms with van der Waals surface area (Å²) in [4.78, 5) is 38.5. The van der Waals surface area contributed by atoms with Gasteiger partial charge in [0.2, 0.25) is 11.8 Å². The Balaban J connectivity index is 1.41. The van der Waals surface area contributed by atoms with Crippen molar-refractivity contribution in [3.8, 4) is 0 Å². The maximum atomic E-state index is 12.5. The number of carbonyl (C=O) groups is 3. The summed E-state index contributed by atoms with van der Waals surface area (Å²) in [5.74, 6) is -0.945. The summed E-state index contributed by atoms with van der Waals surface area (Å²) < 4.78 is 0.